The van der Waals surface area contributed by atoms with Gasteiger partial charge in [-0.25, -0.2) is 9.97 Å². The minimum atomic E-state index is 0.428. The van der Waals surface area contributed by atoms with Gasteiger partial charge in [0, 0.05) is 30.7 Å². The van der Waals surface area contributed by atoms with Crippen molar-refractivity contribution in [1.29, 1.82) is 0 Å². The molecule has 0 spiro atoms. The molecule has 0 bridgehead atoms. The summed E-state index contributed by atoms with van der Waals surface area (Å²) in [6, 6.07) is 6.03. The largest absolute Gasteiger partial charge is 0.329 e. The molecule has 0 amide bonds. The molecule has 0 aliphatic carbocycles. The minimum Gasteiger partial charge on any atom is -0.329 e. The van der Waals surface area contributed by atoms with E-state index in [0.29, 0.717) is 5.92 Å². The van der Waals surface area contributed by atoms with E-state index in [1.807, 2.05) is 41.2 Å². The van der Waals surface area contributed by atoms with Gasteiger partial charge in [0.1, 0.15) is 11.5 Å². The summed E-state index contributed by atoms with van der Waals surface area (Å²) in [4.78, 5) is 9.00. The van der Waals surface area contributed by atoms with Crippen LogP contribution >= 0.6 is 0 Å². The van der Waals surface area contributed by atoms with Crippen molar-refractivity contribution < 1.29 is 0 Å². The predicted molar refractivity (Wildman–Crippen MR) is 70.6 cm³/mol. The van der Waals surface area contributed by atoms with E-state index in [0.717, 1.165) is 23.7 Å². The summed E-state index contributed by atoms with van der Waals surface area (Å²) in [6.45, 7) is 5.08. The van der Waals surface area contributed by atoms with E-state index in [2.05, 4.69) is 34.6 Å². The molecule has 0 radical (unpaired) electrons. The van der Waals surface area contributed by atoms with Crippen LogP contribution in [-0.4, -0.2) is 18.9 Å². The maximum atomic E-state index is 4.60. The summed E-state index contributed by atoms with van der Waals surface area (Å²) in [5.41, 5.74) is 2.04. The molecule has 3 heterocycles. The van der Waals surface area contributed by atoms with E-state index in [1.165, 1.54) is 0 Å². The average molecular weight is 240 g/mol. The number of imidazole rings is 2. The summed E-state index contributed by atoms with van der Waals surface area (Å²) >= 11 is 0. The molecule has 3 aromatic heterocycles. The van der Waals surface area contributed by atoms with Gasteiger partial charge in [0.2, 0.25) is 0 Å². The third-order valence-corrected chi connectivity index (χ3v) is 3.01. The van der Waals surface area contributed by atoms with Crippen molar-refractivity contribution in [3.63, 3.8) is 0 Å². The molecule has 0 aliphatic rings. The van der Waals surface area contributed by atoms with Crippen molar-refractivity contribution >= 4 is 5.65 Å². The molecule has 3 rings (SSSR count). The fourth-order valence-electron chi connectivity index (χ4n) is 2.19. The summed E-state index contributed by atoms with van der Waals surface area (Å²) in [5.74, 6) is 1.53. The Labute approximate surface area is 106 Å². The summed E-state index contributed by atoms with van der Waals surface area (Å²) in [5, 5.41) is 0. The lowest BCUT2D eigenvalue weighted by Gasteiger charge is -2.08. The zero-order valence-electron chi connectivity index (χ0n) is 10.6. The smallest absolute Gasteiger partial charge is 0.137 e. The molecule has 18 heavy (non-hydrogen) atoms. The standard InChI is InChI=1S/C14H16N4/c1-11(2)14-15-6-8-18(14)10-12-9-17-7-4-3-5-13(17)16-12/h3-9,11H,10H2,1-2H3. The first-order valence-corrected chi connectivity index (χ1v) is 6.17. The molecule has 0 fully saturated rings. The van der Waals surface area contributed by atoms with Crippen LogP contribution in [0.1, 0.15) is 31.3 Å². The zero-order chi connectivity index (χ0) is 12.5. The van der Waals surface area contributed by atoms with Gasteiger partial charge in [-0.3, -0.25) is 0 Å². The van der Waals surface area contributed by atoms with E-state index in [-0.39, 0.29) is 0 Å². The Hall–Kier alpha value is -2.10. The normalized spacial score (nSPS) is 11.5. The Morgan fingerprint density at radius 3 is 2.89 bits per heavy atom. The highest BCUT2D eigenvalue weighted by Crippen LogP contribution is 2.14. The fourth-order valence-corrected chi connectivity index (χ4v) is 2.19. The lowest BCUT2D eigenvalue weighted by atomic mass is 10.2. The number of hydrogen-bond donors (Lipinski definition) is 0. The number of fused-ring (bicyclic) bond motifs is 1. The Morgan fingerprint density at radius 1 is 1.22 bits per heavy atom. The zero-order valence-corrected chi connectivity index (χ0v) is 10.6. The second-order valence-corrected chi connectivity index (χ2v) is 4.77. The van der Waals surface area contributed by atoms with E-state index in [1.54, 1.807) is 0 Å². The van der Waals surface area contributed by atoms with E-state index in [4.69, 9.17) is 0 Å². The van der Waals surface area contributed by atoms with Crippen molar-refractivity contribution in [3.8, 4) is 0 Å². The van der Waals surface area contributed by atoms with Crippen LogP contribution in [0.4, 0.5) is 0 Å². The molecule has 4 heteroatoms. The lowest BCUT2D eigenvalue weighted by molar-refractivity contribution is 0.663. The van der Waals surface area contributed by atoms with E-state index in [9.17, 15) is 0 Å². The van der Waals surface area contributed by atoms with Crippen molar-refractivity contribution in [2.75, 3.05) is 0 Å². The molecule has 0 aromatic carbocycles. The minimum absolute atomic E-state index is 0.428. The van der Waals surface area contributed by atoms with Gasteiger partial charge in [0.15, 0.2) is 0 Å². The predicted octanol–water partition coefficient (Wildman–Crippen LogP) is 2.70. The van der Waals surface area contributed by atoms with Crippen LogP contribution in [0.2, 0.25) is 0 Å². The molecule has 0 unspecified atom stereocenters. The van der Waals surface area contributed by atoms with Crippen molar-refractivity contribution in [1.82, 2.24) is 18.9 Å². The summed E-state index contributed by atoms with van der Waals surface area (Å²) in [6.07, 6.45) is 7.95. The SMILES string of the molecule is CC(C)c1nccn1Cc1cn2ccccc2n1. The van der Waals surface area contributed by atoms with Crippen LogP contribution in [0.15, 0.2) is 43.0 Å². The molecule has 92 valence electrons. The molecule has 0 atom stereocenters. The highest BCUT2D eigenvalue weighted by molar-refractivity contribution is 5.39. The maximum Gasteiger partial charge on any atom is 0.137 e. The molecule has 3 aromatic rings. The first kappa shape index (κ1) is 11.0. The van der Waals surface area contributed by atoms with Gasteiger partial charge in [0.25, 0.3) is 0 Å². The number of aromatic nitrogens is 4. The van der Waals surface area contributed by atoms with Gasteiger partial charge >= 0.3 is 0 Å². The molecular formula is C14H16N4. The first-order valence-electron chi connectivity index (χ1n) is 6.17. The highest BCUT2D eigenvalue weighted by atomic mass is 15.1. The molecule has 0 aliphatic heterocycles. The van der Waals surface area contributed by atoms with Crippen LogP contribution in [0, 0.1) is 0 Å². The fraction of sp³-hybridized carbons (Fsp3) is 0.286. The number of nitrogens with zero attached hydrogens (tertiary/aromatic N) is 4. The third kappa shape index (κ3) is 1.90. The molecule has 0 saturated heterocycles. The average Bonchev–Trinajstić information content (AvgIpc) is 2.94. The van der Waals surface area contributed by atoms with Crippen LogP contribution in [0.3, 0.4) is 0 Å². The molecule has 4 nitrogen and oxygen atoms in total. The molecular weight excluding hydrogens is 224 g/mol. The molecule has 0 N–H and O–H groups in total. The van der Waals surface area contributed by atoms with Crippen molar-refractivity contribution in [3.05, 3.63) is 54.5 Å². The van der Waals surface area contributed by atoms with Crippen LogP contribution in [0.5, 0.6) is 0 Å². The first-order chi connectivity index (χ1) is 8.74. The number of rotatable bonds is 3. The van der Waals surface area contributed by atoms with E-state index < -0.39 is 0 Å². The monoisotopic (exact) mass is 240 g/mol. The number of pyridine rings is 1. The van der Waals surface area contributed by atoms with Gasteiger partial charge < -0.3 is 8.97 Å². The van der Waals surface area contributed by atoms with Gasteiger partial charge in [-0.15, -0.1) is 0 Å². The summed E-state index contributed by atoms with van der Waals surface area (Å²) in [7, 11) is 0. The van der Waals surface area contributed by atoms with Gasteiger partial charge in [-0.2, -0.15) is 0 Å². The summed E-state index contributed by atoms with van der Waals surface area (Å²) < 4.78 is 4.20. The second-order valence-electron chi connectivity index (χ2n) is 4.77. The topological polar surface area (TPSA) is 35.1 Å². The third-order valence-electron chi connectivity index (χ3n) is 3.01. The lowest BCUT2D eigenvalue weighted by Crippen LogP contribution is -2.05. The number of hydrogen-bond acceptors (Lipinski definition) is 2. The maximum absolute atomic E-state index is 4.60. The van der Waals surface area contributed by atoms with Crippen LogP contribution < -0.4 is 0 Å². The van der Waals surface area contributed by atoms with Crippen LogP contribution in [0.25, 0.3) is 5.65 Å². The van der Waals surface area contributed by atoms with Crippen LogP contribution in [-0.2, 0) is 6.54 Å². The van der Waals surface area contributed by atoms with Crippen molar-refractivity contribution in [2.24, 2.45) is 0 Å². The highest BCUT2D eigenvalue weighted by Gasteiger charge is 2.09. The van der Waals surface area contributed by atoms with Crippen molar-refractivity contribution in [2.45, 2.75) is 26.3 Å². The van der Waals surface area contributed by atoms with Gasteiger partial charge in [-0.05, 0) is 12.1 Å². The molecule has 0 saturated carbocycles. The Morgan fingerprint density at radius 2 is 2.11 bits per heavy atom. The Balaban J connectivity index is 1.94. The van der Waals surface area contributed by atoms with Gasteiger partial charge in [-0.1, -0.05) is 19.9 Å². The second kappa shape index (κ2) is 4.29. The quantitative estimate of drug-likeness (QED) is 0.705. The van der Waals surface area contributed by atoms with Gasteiger partial charge in [0.05, 0.1) is 12.2 Å². The Kier molecular flexibility index (Phi) is 2.63. The van der Waals surface area contributed by atoms with E-state index >= 15 is 0 Å². The Bertz CT molecular complexity index is 630.